The molecule has 110 valence electrons. The van der Waals surface area contributed by atoms with Crippen molar-refractivity contribution in [3.8, 4) is 5.75 Å². The van der Waals surface area contributed by atoms with Crippen LogP contribution in [0.4, 0.5) is 11.4 Å². The van der Waals surface area contributed by atoms with Crippen LogP contribution in [0.3, 0.4) is 0 Å². The fourth-order valence-electron chi connectivity index (χ4n) is 2.76. The smallest absolute Gasteiger partial charge is 0.120 e. The maximum atomic E-state index is 5.87. The average Bonchev–Trinajstić information content (AvgIpc) is 2.47. The summed E-state index contributed by atoms with van der Waals surface area (Å²) in [6.45, 7) is 2.66. The molecule has 2 aromatic carbocycles. The van der Waals surface area contributed by atoms with Crippen molar-refractivity contribution < 1.29 is 4.74 Å². The molecule has 0 saturated carbocycles. The SMILES string of the molecule is Nc1ccc2c(c1)CCCN2CCOc1cccc(Br)c1. The Labute approximate surface area is 133 Å². The molecule has 1 aliphatic rings. The molecule has 0 spiro atoms. The molecule has 1 aliphatic heterocycles. The molecule has 2 N–H and O–H groups in total. The Morgan fingerprint density at radius 2 is 2.10 bits per heavy atom. The van der Waals surface area contributed by atoms with Crippen LogP contribution in [0.2, 0.25) is 0 Å². The van der Waals surface area contributed by atoms with Gasteiger partial charge in [0.15, 0.2) is 0 Å². The molecular weight excluding hydrogens is 328 g/mol. The van der Waals surface area contributed by atoms with Gasteiger partial charge in [0.25, 0.3) is 0 Å². The highest BCUT2D eigenvalue weighted by Crippen LogP contribution is 2.28. The van der Waals surface area contributed by atoms with E-state index in [0.717, 1.165) is 35.4 Å². The number of aryl methyl sites for hydroxylation is 1. The average molecular weight is 347 g/mol. The first kappa shape index (κ1) is 14.3. The summed E-state index contributed by atoms with van der Waals surface area (Å²) in [6.07, 6.45) is 2.29. The second kappa shape index (κ2) is 6.39. The third-order valence-corrected chi connectivity index (χ3v) is 4.24. The van der Waals surface area contributed by atoms with E-state index in [2.05, 4.69) is 33.0 Å². The van der Waals surface area contributed by atoms with Crippen molar-refractivity contribution in [1.82, 2.24) is 0 Å². The second-order valence-electron chi connectivity index (χ2n) is 5.28. The van der Waals surface area contributed by atoms with E-state index in [1.54, 1.807) is 0 Å². The van der Waals surface area contributed by atoms with Crippen molar-refractivity contribution in [2.24, 2.45) is 0 Å². The topological polar surface area (TPSA) is 38.5 Å². The molecule has 0 atom stereocenters. The number of fused-ring (bicyclic) bond motifs is 1. The largest absolute Gasteiger partial charge is 0.492 e. The number of halogens is 1. The number of nitrogens with zero attached hydrogens (tertiary/aromatic N) is 1. The highest BCUT2D eigenvalue weighted by Gasteiger charge is 2.16. The van der Waals surface area contributed by atoms with E-state index in [1.165, 1.54) is 17.7 Å². The monoisotopic (exact) mass is 346 g/mol. The lowest BCUT2D eigenvalue weighted by Gasteiger charge is -2.31. The van der Waals surface area contributed by atoms with Crippen molar-refractivity contribution in [3.63, 3.8) is 0 Å². The van der Waals surface area contributed by atoms with Crippen LogP contribution in [0.5, 0.6) is 5.75 Å². The van der Waals surface area contributed by atoms with Crippen molar-refractivity contribution in [2.45, 2.75) is 12.8 Å². The van der Waals surface area contributed by atoms with Gasteiger partial charge in [-0.3, -0.25) is 0 Å². The van der Waals surface area contributed by atoms with E-state index in [0.29, 0.717) is 6.61 Å². The van der Waals surface area contributed by atoms with Crippen LogP contribution in [0.1, 0.15) is 12.0 Å². The first-order valence-electron chi connectivity index (χ1n) is 7.24. The third-order valence-electron chi connectivity index (χ3n) is 3.74. The van der Waals surface area contributed by atoms with Crippen LogP contribution in [0, 0.1) is 0 Å². The van der Waals surface area contributed by atoms with Gasteiger partial charge in [-0.05, 0) is 54.8 Å². The summed E-state index contributed by atoms with van der Waals surface area (Å²) >= 11 is 3.46. The molecule has 0 unspecified atom stereocenters. The van der Waals surface area contributed by atoms with E-state index in [4.69, 9.17) is 10.5 Å². The van der Waals surface area contributed by atoms with Crippen LogP contribution in [-0.2, 0) is 6.42 Å². The van der Waals surface area contributed by atoms with Crippen molar-refractivity contribution in [3.05, 3.63) is 52.5 Å². The predicted molar refractivity (Wildman–Crippen MR) is 91.0 cm³/mol. The quantitative estimate of drug-likeness (QED) is 0.854. The summed E-state index contributed by atoms with van der Waals surface area (Å²) in [7, 11) is 0. The minimum Gasteiger partial charge on any atom is -0.492 e. The molecule has 2 aromatic rings. The molecule has 0 radical (unpaired) electrons. The van der Waals surface area contributed by atoms with Gasteiger partial charge in [-0.25, -0.2) is 0 Å². The lowest BCUT2D eigenvalue weighted by atomic mass is 10.0. The van der Waals surface area contributed by atoms with Gasteiger partial charge in [-0.15, -0.1) is 0 Å². The fourth-order valence-corrected chi connectivity index (χ4v) is 3.14. The summed E-state index contributed by atoms with van der Waals surface area (Å²) < 4.78 is 6.87. The molecule has 0 aliphatic carbocycles. The van der Waals surface area contributed by atoms with E-state index in [9.17, 15) is 0 Å². The Morgan fingerprint density at radius 1 is 1.19 bits per heavy atom. The van der Waals surface area contributed by atoms with Gasteiger partial charge < -0.3 is 15.4 Å². The molecule has 0 amide bonds. The number of nitrogen functional groups attached to an aromatic ring is 1. The van der Waals surface area contributed by atoms with Gasteiger partial charge in [-0.2, -0.15) is 0 Å². The standard InChI is InChI=1S/C17H19BrN2O/c18-14-4-1-5-16(12-14)21-10-9-20-8-2-3-13-11-15(19)6-7-17(13)20/h1,4-7,11-12H,2-3,8-10,19H2. The first-order valence-corrected chi connectivity index (χ1v) is 8.03. The second-order valence-corrected chi connectivity index (χ2v) is 6.20. The summed E-state index contributed by atoms with van der Waals surface area (Å²) in [4.78, 5) is 2.39. The van der Waals surface area contributed by atoms with E-state index >= 15 is 0 Å². The Balaban J connectivity index is 1.62. The maximum absolute atomic E-state index is 5.87. The lowest BCUT2D eigenvalue weighted by Crippen LogP contribution is -2.33. The highest BCUT2D eigenvalue weighted by molar-refractivity contribution is 9.10. The summed E-state index contributed by atoms with van der Waals surface area (Å²) in [6, 6.07) is 14.2. The summed E-state index contributed by atoms with van der Waals surface area (Å²) in [5.41, 5.74) is 9.37. The molecule has 0 fully saturated rings. The Hall–Kier alpha value is -1.68. The summed E-state index contributed by atoms with van der Waals surface area (Å²) in [5, 5.41) is 0. The zero-order valence-electron chi connectivity index (χ0n) is 11.9. The molecule has 3 rings (SSSR count). The molecule has 0 bridgehead atoms. The molecular formula is C17H19BrN2O. The zero-order valence-corrected chi connectivity index (χ0v) is 13.5. The predicted octanol–water partition coefficient (Wildman–Crippen LogP) is 3.86. The molecule has 0 saturated heterocycles. The Bertz CT molecular complexity index is 630. The van der Waals surface area contributed by atoms with Crippen LogP contribution in [0.15, 0.2) is 46.9 Å². The van der Waals surface area contributed by atoms with Gasteiger partial charge in [0.1, 0.15) is 12.4 Å². The highest BCUT2D eigenvalue weighted by atomic mass is 79.9. The van der Waals surface area contributed by atoms with Gasteiger partial charge in [-0.1, -0.05) is 22.0 Å². The molecule has 0 aromatic heterocycles. The Kier molecular flexibility index (Phi) is 4.34. The number of nitrogens with two attached hydrogens (primary N) is 1. The zero-order chi connectivity index (χ0) is 14.7. The molecule has 3 nitrogen and oxygen atoms in total. The minimum absolute atomic E-state index is 0.681. The van der Waals surface area contributed by atoms with E-state index in [1.807, 2.05) is 30.3 Å². The first-order chi connectivity index (χ1) is 10.2. The Morgan fingerprint density at radius 3 is 2.95 bits per heavy atom. The summed E-state index contributed by atoms with van der Waals surface area (Å²) in [5.74, 6) is 0.902. The number of anilines is 2. The van der Waals surface area contributed by atoms with Gasteiger partial charge in [0, 0.05) is 22.4 Å². The van der Waals surface area contributed by atoms with Crippen LogP contribution in [-0.4, -0.2) is 19.7 Å². The molecule has 4 heteroatoms. The number of hydrogen-bond acceptors (Lipinski definition) is 3. The van der Waals surface area contributed by atoms with Gasteiger partial charge in [0.05, 0.1) is 6.54 Å². The van der Waals surface area contributed by atoms with Crippen LogP contribution < -0.4 is 15.4 Å². The van der Waals surface area contributed by atoms with Crippen LogP contribution in [0.25, 0.3) is 0 Å². The van der Waals surface area contributed by atoms with E-state index in [-0.39, 0.29) is 0 Å². The molecule has 1 heterocycles. The lowest BCUT2D eigenvalue weighted by molar-refractivity contribution is 0.322. The molecule has 21 heavy (non-hydrogen) atoms. The number of benzene rings is 2. The maximum Gasteiger partial charge on any atom is 0.120 e. The van der Waals surface area contributed by atoms with E-state index < -0.39 is 0 Å². The number of ether oxygens (including phenoxy) is 1. The van der Waals surface area contributed by atoms with Gasteiger partial charge in [0.2, 0.25) is 0 Å². The number of hydrogen-bond donors (Lipinski definition) is 1. The minimum atomic E-state index is 0.681. The normalized spacial score (nSPS) is 13.9. The third kappa shape index (κ3) is 3.50. The van der Waals surface area contributed by atoms with Gasteiger partial charge >= 0.3 is 0 Å². The van der Waals surface area contributed by atoms with Crippen molar-refractivity contribution >= 4 is 27.3 Å². The van der Waals surface area contributed by atoms with Crippen molar-refractivity contribution in [2.75, 3.05) is 30.3 Å². The fraction of sp³-hybridized carbons (Fsp3) is 0.294. The number of rotatable bonds is 4. The van der Waals surface area contributed by atoms with Crippen LogP contribution >= 0.6 is 15.9 Å². The van der Waals surface area contributed by atoms with Crippen molar-refractivity contribution in [1.29, 1.82) is 0 Å².